The van der Waals surface area contributed by atoms with Gasteiger partial charge in [0.2, 0.25) is 0 Å². The summed E-state index contributed by atoms with van der Waals surface area (Å²) in [6.07, 6.45) is 4.67. The first-order valence-corrected chi connectivity index (χ1v) is 6.35. The number of rotatable bonds is 6. The van der Waals surface area contributed by atoms with Crippen LogP contribution >= 0.6 is 0 Å². The van der Waals surface area contributed by atoms with Gasteiger partial charge in [-0.15, -0.1) is 0 Å². The highest BCUT2D eigenvalue weighted by molar-refractivity contribution is 5.75. The molecule has 1 rings (SSSR count). The van der Waals surface area contributed by atoms with Crippen molar-refractivity contribution >= 4 is 5.97 Å². The average molecular weight is 228 g/mol. The Morgan fingerprint density at radius 2 is 2.25 bits per heavy atom. The Morgan fingerprint density at radius 1 is 1.56 bits per heavy atom. The van der Waals surface area contributed by atoms with Gasteiger partial charge in [-0.05, 0) is 45.4 Å². The topological polar surface area (TPSA) is 46.5 Å². The van der Waals surface area contributed by atoms with Crippen molar-refractivity contribution in [3.63, 3.8) is 0 Å². The first-order valence-electron chi connectivity index (χ1n) is 6.35. The molecule has 0 heterocycles. The molecule has 0 aromatic rings. The second-order valence-corrected chi connectivity index (χ2v) is 5.27. The lowest BCUT2D eigenvalue weighted by Crippen LogP contribution is -2.30. The number of aliphatic carboxylic acids is 1. The monoisotopic (exact) mass is 228 g/mol. The predicted molar refractivity (Wildman–Crippen MR) is 63.4 cm³/mol. The molecule has 1 fully saturated rings. The number of carboxylic acid groups (broad SMARTS) is 1. The molecule has 1 aliphatic rings. The largest absolute Gasteiger partial charge is 0.481 e. The highest BCUT2D eigenvalue weighted by atomic mass is 16.5. The zero-order valence-electron chi connectivity index (χ0n) is 10.7. The van der Waals surface area contributed by atoms with E-state index < -0.39 is 11.4 Å². The van der Waals surface area contributed by atoms with Crippen molar-refractivity contribution in [2.24, 2.45) is 11.3 Å². The second-order valence-electron chi connectivity index (χ2n) is 5.27. The van der Waals surface area contributed by atoms with Crippen LogP contribution in [0.5, 0.6) is 0 Å². The number of carbonyl (C=O) groups is 1. The van der Waals surface area contributed by atoms with E-state index in [1.165, 1.54) is 0 Å². The van der Waals surface area contributed by atoms with Crippen LogP contribution in [0, 0.1) is 11.3 Å². The molecule has 1 aliphatic carbocycles. The molecule has 1 N–H and O–H groups in total. The molecular formula is C13H24O3. The number of hydrogen-bond donors (Lipinski definition) is 1. The minimum absolute atomic E-state index is 0.189. The van der Waals surface area contributed by atoms with Crippen molar-refractivity contribution in [3.8, 4) is 0 Å². The molecule has 3 nitrogen and oxygen atoms in total. The molecule has 16 heavy (non-hydrogen) atoms. The van der Waals surface area contributed by atoms with E-state index in [0.717, 1.165) is 25.7 Å². The molecular weight excluding hydrogens is 204 g/mol. The summed E-state index contributed by atoms with van der Waals surface area (Å²) in [6.45, 7) is 6.68. The number of hydrogen-bond acceptors (Lipinski definition) is 2. The van der Waals surface area contributed by atoms with Gasteiger partial charge in [0.05, 0.1) is 11.5 Å². The molecule has 0 aromatic heterocycles. The summed E-state index contributed by atoms with van der Waals surface area (Å²) in [5, 5.41) is 9.39. The lowest BCUT2D eigenvalue weighted by atomic mass is 9.82. The van der Waals surface area contributed by atoms with Crippen molar-refractivity contribution < 1.29 is 14.6 Å². The molecule has 2 atom stereocenters. The molecule has 0 radical (unpaired) electrons. The van der Waals surface area contributed by atoms with Crippen LogP contribution < -0.4 is 0 Å². The van der Waals surface area contributed by atoms with E-state index in [1.807, 2.05) is 13.8 Å². The van der Waals surface area contributed by atoms with E-state index in [-0.39, 0.29) is 6.10 Å². The van der Waals surface area contributed by atoms with E-state index in [1.54, 1.807) is 0 Å². The van der Waals surface area contributed by atoms with E-state index in [0.29, 0.717) is 18.9 Å². The van der Waals surface area contributed by atoms with Gasteiger partial charge in [-0.1, -0.05) is 13.3 Å². The fourth-order valence-corrected chi connectivity index (χ4v) is 2.60. The highest BCUT2D eigenvalue weighted by Gasteiger charge is 2.44. The smallest absolute Gasteiger partial charge is 0.309 e. The first-order chi connectivity index (χ1) is 7.50. The fraction of sp³-hybridized carbons (Fsp3) is 0.923. The molecule has 1 saturated carbocycles. The molecule has 94 valence electrons. The third kappa shape index (κ3) is 3.21. The maximum absolute atomic E-state index is 11.4. The Kier molecular flexibility index (Phi) is 4.78. The molecule has 0 amide bonds. The molecule has 0 aliphatic heterocycles. The third-order valence-electron chi connectivity index (χ3n) is 3.77. The SMILES string of the molecule is CCC1CCC(CCOC(C)C)(C(=O)O)C1. The van der Waals surface area contributed by atoms with E-state index in [2.05, 4.69) is 6.92 Å². The van der Waals surface area contributed by atoms with Gasteiger partial charge in [0.15, 0.2) is 0 Å². The summed E-state index contributed by atoms with van der Waals surface area (Å²) < 4.78 is 5.48. The Balaban J connectivity index is 2.51. The van der Waals surface area contributed by atoms with Gasteiger partial charge in [0, 0.05) is 6.61 Å². The van der Waals surface area contributed by atoms with Gasteiger partial charge >= 0.3 is 5.97 Å². The quantitative estimate of drug-likeness (QED) is 0.760. The van der Waals surface area contributed by atoms with Crippen molar-refractivity contribution in [1.82, 2.24) is 0 Å². The van der Waals surface area contributed by atoms with Crippen LogP contribution in [-0.4, -0.2) is 23.8 Å². The van der Waals surface area contributed by atoms with Crippen molar-refractivity contribution in [1.29, 1.82) is 0 Å². The zero-order chi connectivity index (χ0) is 12.2. The van der Waals surface area contributed by atoms with Gasteiger partial charge < -0.3 is 9.84 Å². The Bertz CT molecular complexity index is 237. The summed E-state index contributed by atoms with van der Waals surface area (Å²) in [7, 11) is 0. The Hall–Kier alpha value is -0.570. The van der Waals surface area contributed by atoms with Gasteiger partial charge in [-0.2, -0.15) is 0 Å². The maximum Gasteiger partial charge on any atom is 0.309 e. The molecule has 0 aromatic carbocycles. The number of ether oxygens (including phenoxy) is 1. The summed E-state index contributed by atoms with van der Waals surface area (Å²) in [5.41, 5.74) is -0.504. The van der Waals surface area contributed by atoms with Gasteiger partial charge in [-0.25, -0.2) is 0 Å². The summed E-state index contributed by atoms with van der Waals surface area (Å²) in [5.74, 6) is -0.0362. The first kappa shape index (κ1) is 13.5. The molecule has 0 spiro atoms. The van der Waals surface area contributed by atoms with Gasteiger partial charge in [-0.3, -0.25) is 4.79 Å². The van der Waals surface area contributed by atoms with Gasteiger partial charge in [0.1, 0.15) is 0 Å². The minimum Gasteiger partial charge on any atom is -0.481 e. The Morgan fingerprint density at radius 3 is 2.69 bits per heavy atom. The van der Waals surface area contributed by atoms with Crippen LogP contribution in [0.25, 0.3) is 0 Å². The van der Waals surface area contributed by atoms with Crippen LogP contribution in [0.4, 0.5) is 0 Å². The highest BCUT2D eigenvalue weighted by Crippen LogP contribution is 2.45. The number of carboxylic acids is 1. The van der Waals surface area contributed by atoms with Crippen LogP contribution in [-0.2, 0) is 9.53 Å². The third-order valence-corrected chi connectivity index (χ3v) is 3.77. The molecule has 0 bridgehead atoms. The zero-order valence-corrected chi connectivity index (χ0v) is 10.7. The normalized spacial score (nSPS) is 29.9. The van der Waals surface area contributed by atoms with Crippen LogP contribution in [0.15, 0.2) is 0 Å². The lowest BCUT2D eigenvalue weighted by Gasteiger charge is -2.24. The van der Waals surface area contributed by atoms with Crippen molar-refractivity contribution in [2.45, 2.75) is 59.0 Å². The van der Waals surface area contributed by atoms with Crippen LogP contribution in [0.2, 0.25) is 0 Å². The minimum atomic E-state index is -0.629. The lowest BCUT2D eigenvalue weighted by molar-refractivity contribution is -0.150. The fourth-order valence-electron chi connectivity index (χ4n) is 2.60. The van der Waals surface area contributed by atoms with E-state index >= 15 is 0 Å². The van der Waals surface area contributed by atoms with Crippen LogP contribution in [0.1, 0.15) is 52.9 Å². The maximum atomic E-state index is 11.4. The van der Waals surface area contributed by atoms with Crippen molar-refractivity contribution in [3.05, 3.63) is 0 Å². The van der Waals surface area contributed by atoms with Gasteiger partial charge in [0.25, 0.3) is 0 Å². The summed E-state index contributed by atoms with van der Waals surface area (Å²) in [4.78, 5) is 11.4. The molecule has 0 saturated heterocycles. The standard InChI is InChI=1S/C13H24O3/c1-4-11-5-6-13(9-11,12(14)15)7-8-16-10(2)3/h10-11H,4-9H2,1-3H3,(H,14,15). The average Bonchev–Trinajstić information content (AvgIpc) is 2.62. The molecule has 3 heteroatoms. The van der Waals surface area contributed by atoms with E-state index in [9.17, 15) is 9.90 Å². The summed E-state index contributed by atoms with van der Waals surface area (Å²) in [6, 6.07) is 0. The second kappa shape index (κ2) is 5.67. The molecule has 2 unspecified atom stereocenters. The van der Waals surface area contributed by atoms with Crippen LogP contribution in [0.3, 0.4) is 0 Å². The van der Waals surface area contributed by atoms with E-state index in [4.69, 9.17) is 4.74 Å². The van der Waals surface area contributed by atoms with Crippen molar-refractivity contribution in [2.75, 3.05) is 6.61 Å². The Labute approximate surface area is 98.2 Å². The summed E-state index contributed by atoms with van der Waals surface area (Å²) >= 11 is 0. The predicted octanol–water partition coefficient (Wildman–Crippen LogP) is 3.08.